The summed E-state index contributed by atoms with van der Waals surface area (Å²) in [5, 5.41) is 13.0. The van der Waals surface area contributed by atoms with Gasteiger partial charge in [0.2, 0.25) is 5.91 Å². The number of phenols is 1. The second-order valence-corrected chi connectivity index (χ2v) is 5.27. The standard InChI is InChI=1S/C16H24N2O2/c1-3-18(4-2)16(20)11-17-15-7-5-6-12-8-9-13(19)10-14(12)15/h8-10,15,17,19H,3-7,11H2,1-2H3. The quantitative estimate of drug-likeness (QED) is 0.867. The summed E-state index contributed by atoms with van der Waals surface area (Å²) in [5.74, 6) is 0.440. The molecule has 0 spiro atoms. The third kappa shape index (κ3) is 3.31. The number of hydrogen-bond acceptors (Lipinski definition) is 3. The number of carbonyl (C=O) groups excluding carboxylic acids is 1. The molecule has 1 unspecified atom stereocenters. The average Bonchev–Trinajstić information content (AvgIpc) is 2.46. The Morgan fingerprint density at radius 3 is 2.85 bits per heavy atom. The molecular weight excluding hydrogens is 252 g/mol. The molecule has 1 aromatic rings. The Kier molecular flexibility index (Phi) is 5.01. The van der Waals surface area contributed by atoms with E-state index in [4.69, 9.17) is 0 Å². The molecule has 0 saturated heterocycles. The highest BCUT2D eigenvalue weighted by atomic mass is 16.3. The van der Waals surface area contributed by atoms with Crippen LogP contribution in [0.4, 0.5) is 0 Å². The summed E-state index contributed by atoms with van der Waals surface area (Å²) < 4.78 is 0. The first kappa shape index (κ1) is 14.9. The second kappa shape index (κ2) is 6.75. The molecule has 0 fully saturated rings. The normalized spacial score (nSPS) is 17.6. The van der Waals surface area contributed by atoms with Crippen molar-refractivity contribution < 1.29 is 9.90 Å². The van der Waals surface area contributed by atoms with Crippen LogP contribution in [0, 0.1) is 0 Å². The Morgan fingerprint density at radius 1 is 1.40 bits per heavy atom. The summed E-state index contributed by atoms with van der Waals surface area (Å²) >= 11 is 0. The van der Waals surface area contributed by atoms with Crippen molar-refractivity contribution in [2.45, 2.75) is 39.2 Å². The lowest BCUT2D eigenvalue weighted by atomic mass is 9.87. The summed E-state index contributed by atoms with van der Waals surface area (Å²) in [7, 11) is 0. The number of fused-ring (bicyclic) bond motifs is 1. The Labute approximate surface area is 120 Å². The summed E-state index contributed by atoms with van der Waals surface area (Å²) in [6.07, 6.45) is 3.19. The fraction of sp³-hybridized carbons (Fsp3) is 0.562. The number of nitrogens with one attached hydrogen (secondary N) is 1. The minimum absolute atomic E-state index is 0.141. The lowest BCUT2D eigenvalue weighted by Crippen LogP contribution is -2.39. The van der Waals surface area contributed by atoms with Crippen molar-refractivity contribution in [3.63, 3.8) is 0 Å². The Hall–Kier alpha value is -1.55. The molecule has 110 valence electrons. The number of phenolic OH excluding ortho intramolecular Hbond substituents is 1. The zero-order valence-electron chi connectivity index (χ0n) is 12.4. The van der Waals surface area contributed by atoms with Crippen molar-refractivity contribution in [1.82, 2.24) is 10.2 Å². The van der Waals surface area contributed by atoms with Crippen LogP contribution in [0.2, 0.25) is 0 Å². The van der Waals surface area contributed by atoms with E-state index in [0.29, 0.717) is 12.3 Å². The number of carbonyl (C=O) groups is 1. The molecule has 1 aliphatic rings. The molecule has 0 heterocycles. The minimum atomic E-state index is 0.141. The Balaban J connectivity index is 2.01. The fourth-order valence-corrected chi connectivity index (χ4v) is 2.90. The van der Waals surface area contributed by atoms with Crippen LogP contribution in [-0.2, 0) is 11.2 Å². The lowest BCUT2D eigenvalue weighted by Gasteiger charge is -2.27. The van der Waals surface area contributed by atoms with Crippen LogP contribution in [0.25, 0.3) is 0 Å². The van der Waals surface area contributed by atoms with Gasteiger partial charge < -0.3 is 15.3 Å². The zero-order valence-corrected chi connectivity index (χ0v) is 12.4. The van der Waals surface area contributed by atoms with Crippen LogP contribution in [0.5, 0.6) is 5.75 Å². The maximum atomic E-state index is 12.0. The highest BCUT2D eigenvalue weighted by molar-refractivity contribution is 5.78. The van der Waals surface area contributed by atoms with Crippen molar-refractivity contribution in [3.8, 4) is 5.75 Å². The van der Waals surface area contributed by atoms with Gasteiger partial charge in [-0.3, -0.25) is 4.79 Å². The molecular formula is C16H24N2O2. The van der Waals surface area contributed by atoms with Gasteiger partial charge in [-0.05, 0) is 56.4 Å². The van der Waals surface area contributed by atoms with Gasteiger partial charge in [0.05, 0.1) is 6.54 Å². The van der Waals surface area contributed by atoms with Gasteiger partial charge in [0.1, 0.15) is 5.75 Å². The maximum absolute atomic E-state index is 12.0. The first-order chi connectivity index (χ1) is 9.65. The lowest BCUT2D eigenvalue weighted by molar-refractivity contribution is -0.130. The summed E-state index contributed by atoms with van der Waals surface area (Å²) in [6.45, 7) is 5.85. The van der Waals surface area contributed by atoms with Crippen molar-refractivity contribution in [3.05, 3.63) is 29.3 Å². The number of aromatic hydroxyl groups is 1. The molecule has 0 aromatic heterocycles. The van der Waals surface area contributed by atoms with E-state index in [2.05, 4.69) is 5.32 Å². The Bertz CT molecular complexity index is 470. The maximum Gasteiger partial charge on any atom is 0.236 e. The molecule has 0 saturated carbocycles. The number of aryl methyl sites for hydroxylation is 1. The Morgan fingerprint density at radius 2 is 2.15 bits per heavy atom. The summed E-state index contributed by atoms with van der Waals surface area (Å²) in [5.41, 5.74) is 2.42. The van der Waals surface area contributed by atoms with Gasteiger partial charge in [0.25, 0.3) is 0 Å². The first-order valence-electron chi connectivity index (χ1n) is 7.48. The third-order valence-electron chi connectivity index (χ3n) is 4.06. The predicted molar refractivity (Wildman–Crippen MR) is 79.7 cm³/mol. The van der Waals surface area contributed by atoms with E-state index in [0.717, 1.165) is 37.9 Å². The average molecular weight is 276 g/mol. The van der Waals surface area contributed by atoms with Gasteiger partial charge in [-0.1, -0.05) is 6.07 Å². The van der Waals surface area contributed by atoms with Crippen LogP contribution in [-0.4, -0.2) is 35.5 Å². The molecule has 1 aliphatic carbocycles. The van der Waals surface area contributed by atoms with E-state index in [1.165, 1.54) is 5.56 Å². The molecule has 1 aromatic carbocycles. The molecule has 20 heavy (non-hydrogen) atoms. The van der Waals surface area contributed by atoms with Gasteiger partial charge >= 0.3 is 0 Å². The van der Waals surface area contributed by atoms with E-state index >= 15 is 0 Å². The van der Waals surface area contributed by atoms with Gasteiger partial charge in [0, 0.05) is 19.1 Å². The van der Waals surface area contributed by atoms with Crippen molar-refractivity contribution >= 4 is 5.91 Å². The molecule has 4 heteroatoms. The summed E-state index contributed by atoms with van der Waals surface area (Å²) in [6, 6.07) is 5.73. The zero-order chi connectivity index (χ0) is 14.5. The van der Waals surface area contributed by atoms with Crippen LogP contribution in [0.15, 0.2) is 18.2 Å². The minimum Gasteiger partial charge on any atom is -0.508 e. The number of benzene rings is 1. The van der Waals surface area contributed by atoms with Crippen molar-refractivity contribution in [2.75, 3.05) is 19.6 Å². The highest BCUT2D eigenvalue weighted by Crippen LogP contribution is 2.31. The van der Waals surface area contributed by atoms with Crippen LogP contribution < -0.4 is 5.32 Å². The molecule has 2 N–H and O–H groups in total. The number of rotatable bonds is 5. The monoisotopic (exact) mass is 276 g/mol. The molecule has 4 nitrogen and oxygen atoms in total. The van der Waals surface area contributed by atoms with Crippen molar-refractivity contribution in [1.29, 1.82) is 0 Å². The van der Waals surface area contributed by atoms with E-state index in [9.17, 15) is 9.90 Å². The van der Waals surface area contributed by atoms with Gasteiger partial charge in [-0.15, -0.1) is 0 Å². The number of hydrogen-bond donors (Lipinski definition) is 2. The van der Waals surface area contributed by atoms with Gasteiger partial charge in [-0.25, -0.2) is 0 Å². The molecule has 0 bridgehead atoms. The predicted octanol–water partition coefficient (Wildman–Crippen LogP) is 2.23. The van der Waals surface area contributed by atoms with E-state index in [-0.39, 0.29) is 11.9 Å². The first-order valence-corrected chi connectivity index (χ1v) is 7.48. The smallest absolute Gasteiger partial charge is 0.236 e. The number of nitrogens with zero attached hydrogens (tertiary/aromatic N) is 1. The fourth-order valence-electron chi connectivity index (χ4n) is 2.90. The highest BCUT2D eigenvalue weighted by Gasteiger charge is 2.21. The van der Waals surface area contributed by atoms with E-state index in [1.54, 1.807) is 6.07 Å². The summed E-state index contributed by atoms with van der Waals surface area (Å²) in [4.78, 5) is 13.9. The van der Waals surface area contributed by atoms with Gasteiger partial charge in [-0.2, -0.15) is 0 Å². The number of amides is 1. The van der Waals surface area contributed by atoms with Crippen molar-refractivity contribution in [2.24, 2.45) is 0 Å². The van der Waals surface area contributed by atoms with Crippen LogP contribution in [0.1, 0.15) is 43.9 Å². The third-order valence-corrected chi connectivity index (χ3v) is 4.06. The molecule has 1 atom stereocenters. The largest absolute Gasteiger partial charge is 0.508 e. The SMILES string of the molecule is CCN(CC)C(=O)CNC1CCCc2ccc(O)cc21. The molecule has 1 amide bonds. The van der Waals surface area contributed by atoms with Gasteiger partial charge in [0.15, 0.2) is 0 Å². The van der Waals surface area contributed by atoms with Crippen LogP contribution in [0.3, 0.4) is 0 Å². The molecule has 0 aliphatic heterocycles. The van der Waals surface area contributed by atoms with Crippen LogP contribution >= 0.6 is 0 Å². The van der Waals surface area contributed by atoms with E-state index in [1.807, 2.05) is 30.9 Å². The van der Waals surface area contributed by atoms with E-state index < -0.39 is 0 Å². The molecule has 2 rings (SSSR count). The molecule has 0 radical (unpaired) electrons. The second-order valence-electron chi connectivity index (χ2n) is 5.27. The topological polar surface area (TPSA) is 52.6 Å². The number of likely N-dealkylation sites (N-methyl/N-ethyl adjacent to an activating group) is 1.